The minimum atomic E-state index is -0.952. The van der Waals surface area contributed by atoms with Crippen molar-refractivity contribution in [3.05, 3.63) is 65.4 Å². The van der Waals surface area contributed by atoms with E-state index in [9.17, 15) is 9.50 Å². The molecule has 3 nitrogen and oxygen atoms in total. The third kappa shape index (κ3) is 2.00. The van der Waals surface area contributed by atoms with Crippen molar-refractivity contribution < 1.29 is 13.9 Å². The molecule has 0 amide bonds. The van der Waals surface area contributed by atoms with Gasteiger partial charge in [-0.1, -0.05) is 18.2 Å². The molecule has 4 heteroatoms. The molecule has 1 atom stereocenters. The van der Waals surface area contributed by atoms with E-state index in [2.05, 4.69) is 4.98 Å². The summed E-state index contributed by atoms with van der Waals surface area (Å²) in [4.78, 5) is 3.76. The molecule has 1 unspecified atom stereocenters. The van der Waals surface area contributed by atoms with Crippen molar-refractivity contribution >= 4 is 11.0 Å². The molecule has 3 rings (SSSR count). The zero-order chi connectivity index (χ0) is 13.4. The molecule has 0 aliphatic carbocycles. The Morgan fingerprint density at radius 3 is 2.84 bits per heavy atom. The van der Waals surface area contributed by atoms with Crippen LogP contribution in [0.4, 0.5) is 4.39 Å². The minimum absolute atomic E-state index is 0.412. The zero-order valence-corrected chi connectivity index (χ0v) is 10.3. The first kappa shape index (κ1) is 11.9. The number of benzene rings is 1. The molecule has 96 valence electrons. The number of aliphatic hydroxyl groups excluding tert-OH is 1. The average Bonchev–Trinajstić information content (AvgIpc) is 2.74. The van der Waals surface area contributed by atoms with Gasteiger partial charge in [0.2, 0.25) is 0 Å². The highest BCUT2D eigenvalue weighted by molar-refractivity contribution is 5.83. The summed E-state index contributed by atoms with van der Waals surface area (Å²) in [7, 11) is 0. The predicted octanol–water partition coefficient (Wildman–Crippen LogP) is 3.36. The minimum Gasteiger partial charge on any atom is -0.461 e. The van der Waals surface area contributed by atoms with Crippen LogP contribution < -0.4 is 0 Å². The van der Waals surface area contributed by atoms with E-state index in [-0.39, 0.29) is 0 Å². The number of pyridine rings is 1. The first-order valence-corrected chi connectivity index (χ1v) is 5.93. The second-order valence-corrected chi connectivity index (χ2v) is 4.41. The molecule has 0 saturated carbocycles. The highest BCUT2D eigenvalue weighted by Crippen LogP contribution is 2.33. The van der Waals surface area contributed by atoms with Gasteiger partial charge in [-0.15, -0.1) is 0 Å². The van der Waals surface area contributed by atoms with E-state index < -0.39 is 11.9 Å². The summed E-state index contributed by atoms with van der Waals surface area (Å²) in [6.45, 7) is 1.78. The standard InChI is InChI=1S/C15H12FNO2/c1-9-14(12-4-2-3-5-13(12)19-9)15(18)10-6-11(16)8-17-7-10/h2-8,15,18H,1H3. The number of furan rings is 1. The van der Waals surface area contributed by atoms with Crippen LogP contribution in [0.3, 0.4) is 0 Å². The van der Waals surface area contributed by atoms with Crippen LogP contribution in [0.25, 0.3) is 11.0 Å². The summed E-state index contributed by atoms with van der Waals surface area (Å²) < 4.78 is 18.8. The van der Waals surface area contributed by atoms with Crippen molar-refractivity contribution in [2.45, 2.75) is 13.0 Å². The summed E-state index contributed by atoms with van der Waals surface area (Å²) in [6, 6.07) is 8.72. The van der Waals surface area contributed by atoms with Crippen LogP contribution in [0.2, 0.25) is 0 Å². The fourth-order valence-corrected chi connectivity index (χ4v) is 2.27. The summed E-state index contributed by atoms with van der Waals surface area (Å²) in [5, 5.41) is 11.2. The number of aromatic nitrogens is 1. The Balaban J connectivity index is 2.16. The number of fused-ring (bicyclic) bond motifs is 1. The number of rotatable bonds is 2. The van der Waals surface area contributed by atoms with Gasteiger partial charge in [-0.3, -0.25) is 4.98 Å². The fraction of sp³-hybridized carbons (Fsp3) is 0.133. The second kappa shape index (κ2) is 4.48. The Hall–Kier alpha value is -2.20. The monoisotopic (exact) mass is 257 g/mol. The molecule has 2 aromatic heterocycles. The van der Waals surface area contributed by atoms with Crippen LogP contribution in [0.15, 0.2) is 47.1 Å². The lowest BCUT2D eigenvalue weighted by Gasteiger charge is -2.10. The number of hydrogen-bond donors (Lipinski definition) is 1. The molecule has 0 aliphatic heterocycles. The van der Waals surface area contributed by atoms with Gasteiger partial charge in [-0.2, -0.15) is 0 Å². The van der Waals surface area contributed by atoms with E-state index >= 15 is 0 Å². The number of nitrogens with zero attached hydrogens (tertiary/aromatic N) is 1. The van der Waals surface area contributed by atoms with Crippen molar-refractivity contribution in [1.82, 2.24) is 4.98 Å². The SMILES string of the molecule is Cc1oc2ccccc2c1C(O)c1cncc(F)c1. The van der Waals surface area contributed by atoms with Crippen molar-refractivity contribution in [1.29, 1.82) is 0 Å². The topological polar surface area (TPSA) is 46.3 Å². The van der Waals surface area contributed by atoms with Gasteiger partial charge in [0, 0.05) is 22.7 Å². The summed E-state index contributed by atoms with van der Waals surface area (Å²) in [5.41, 5.74) is 1.77. The maximum absolute atomic E-state index is 13.2. The summed E-state index contributed by atoms with van der Waals surface area (Å²) >= 11 is 0. The fourth-order valence-electron chi connectivity index (χ4n) is 2.27. The second-order valence-electron chi connectivity index (χ2n) is 4.41. The molecule has 19 heavy (non-hydrogen) atoms. The Morgan fingerprint density at radius 2 is 2.05 bits per heavy atom. The third-order valence-electron chi connectivity index (χ3n) is 3.13. The first-order valence-electron chi connectivity index (χ1n) is 5.93. The van der Waals surface area contributed by atoms with Crippen LogP contribution in [0, 0.1) is 12.7 Å². The molecule has 3 aromatic rings. The Labute approximate surface area is 109 Å². The first-order chi connectivity index (χ1) is 9.16. The van der Waals surface area contributed by atoms with Gasteiger partial charge in [0.05, 0.1) is 6.20 Å². The van der Waals surface area contributed by atoms with Crippen LogP contribution >= 0.6 is 0 Å². The molecule has 0 bridgehead atoms. The molecule has 0 spiro atoms. The maximum atomic E-state index is 13.2. The van der Waals surface area contributed by atoms with Crippen LogP contribution in [0.5, 0.6) is 0 Å². The van der Waals surface area contributed by atoms with E-state index in [1.54, 1.807) is 6.92 Å². The van der Waals surface area contributed by atoms with Crippen molar-refractivity contribution in [3.8, 4) is 0 Å². The molecule has 2 heterocycles. The van der Waals surface area contributed by atoms with Crippen molar-refractivity contribution in [2.75, 3.05) is 0 Å². The molecule has 1 aromatic carbocycles. The Kier molecular flexibility index (Phi) is 2.80. The van der Waals surface area contributed by atoms with E-state index in [1.165, 1.54) is 12.3 Å². The van der Waals surface area contributed by atoms with Gasteiger partial charge in [0.25, 0.3) is 0 Å². The largest absolute Gasteiger partial charge is 0.461 e. The van der Waals surface area contributed by atoms with Gasteiger partial charge in [-0.05, 0) is 19.1 Å². The molecule has 0 aliphatic rings. The number of hydrogen-bond acceptors (Lipinski definition) is 3. The van der Waals surface area contributed by atoms with Crippen molar-refractivity contribution in [2.24, 2.45) is 0 Å². The normalized spacial score (nSPS) is 12.8. The quantitative estimate of drug-likeness (QED) is 0.765. The lowest BCUT2D eigenvalue weighted by atomic mass is 10.00. The van der Waals surface area contributed by atoms with E-state index in [4.69, 9.17) is 4.42 Å². The number of halogens is 1. The Bertz CT molecular complexity index is 736. The van der Waals surface area contributed by atoms with Crippen LogP contribution in [-0.2, 0) is 0 Å². The van der Waals surface area contributed by atoms with Gasteiger partial charge in [0.15, 0.2) is 0 Å². The summed E-state index contributed by atoms with van der Waals surface area (Å²) in [5.74, 6) is 0.153. The van der Waals surface area contributed by atoms with Gasteiger partial charge >= 0.3 is 0 Å². The molecule has 0 fully saturated rings. The lowest BCUT2D eigenvalue weighted by molar-refractivity contribution is 0.218. The van der Waals surface area contributed by atoms with Gasteiger partial charge in [0.1, 0.15) is 23.3 Å². The molecule has 0 radical (unpaired) electrons. The Morgan fingerprint density at radius 1 is 1.26 bits per heavy atom. The molecular formula is C15H12FNO2. The van der Waals surface area contributed by atoms with Gasteiger partial charge < -0.3 is 9.52 Å². The highest BCUT2D eigenvalue weighted by atomic mass is 19.1. The number of para-hydroxylation sites is 1. The van der Waals surface area contributed by atoms with E-state index in [1.807, 2.05) is 24.3 Å². The van der Waals surface area contributed by atoms with Crippen LogP contribution in [-0.4, -0.2) is 10.1 Å². The van der Waals surface area contributed by atoms with E-state index in [0.717, 1.165) is 11.6 Å². The predicted molar refractivity (Wildman–Crippen MR) is 69.2 cm³/mol. The smallest absolute Gasteiger partial charge is 0.141 e. The zero-order valence-electron chi connectivity index (χ0n) is 10.3. The lowest BCUT2D eigenvalue weighted by Crippen LogP contribution is -2.01. The highest BCUT2D eigenvalue weighted by Gasteiger charge is 2.20. The average molecular weight is 257 g/mol. The summed E-state index contributed by atoms with van der Waals surface area (Å²) in [6.07, 6.45) is 1.61. The van der Waals surface area contributed by atoms with E-state index in [0.29, 0.717) is 22.5 Å². The maximum Gasteiger partial charge on any atom is 0.141 e. The molecule has 0 saturated heterocycles. The van der Waals surface area contributed by atoms with Crippen LogP contribution in [0.1, 0.15) is 23.0 Å². The third-order valence-corrected chi connectivity index (χ3v) is 3.13. The van der Waals surface area contributed by atoms with Crippen molar-refractivity contribution in [3.63, 3.8) is 0 Å². The van der Waals surface area contributed by atoms with Gasteiger partial charge in [-0.25, -0.2) is 4.39 Å². The number of aliphatic hydroxyl groups is 1. The molecular weight excluding hydrogens is 245 g/mol. The molecule has 1 N–H and O–H groups in total. The number of aryl methyl sites for hydroxylation is 1.